The molecule has 0 saturated carbocycles. The van der Waals surface area contributed by atoms with Crippen molar-refractivity contribution in [2.75, 3.05) is 0 Å². The molecule has 2 aromatic carbocycles. The van der Waals surface area contributed by atoms with Crippen LogP contribution in [0.15, 0.2) is 65.6 Å². The molecule has 0 heterocycles. The molecular weight excluding hydrogens is 451 g/mol. The zero-order chi connectivity index (χ0) is 19.4. The van der Waals surface area contributed by atoms with E-state index >= 15 is 0 Å². The van der Waals surface area contributed by atoms with Gasteiger partial charge in [-0.1, -0.05) is 0 Å². The minimum absolute atomic E-state index is 0.743. The molecule has 1 unspecified atom stereocenters. The summed E-state index contributed by atoms with van der Waals surface area (Å²) >= 11 is -0.198. The summed E-state index contributed by atoms with van der Waals surface area (Å²) in [5, 5.41) is 0. The van der Waals surface area contributed by atoms with Crippen molar-refractivity contribution in [3.8, 4) is 0 Å². The van der Waals surface area contributed by atoms with E-state index in [1.54, 1.807) is 18.9 Å². The second-order valence-corrected chi connectivity index (χ2v) is 24.0. The first kappa shape index (κ1) is 22.9. The zero-order valence-corrected chi connectivity index (χ0v) is 21.3. The van der Waals surface area contributed by atoms with E-state index in [0.717, 1.165) is 3.27 Å². The molecule has 2 aromatic rings. The maximum absolute atomic E-state index is 2.41. The van der Waals surface area contributed by atoms with Gasteiger partial charge in [-0.05, 0) is 0 Å². The van der Waals surface area contributed by atoms with Gasteiger partial charge in [0.2, 0.25) is 0 Å². The van der Waals surface area contributed by atoms with Gasteiger partial charge < -0.3 is 0 Å². The molecule has 1 atom stereocenters. The van der Waals surface area contributed by atoms with E-state index in [2.05, 4.69) is 93.2 Å². The van der Waals surface area contributed by atoms with Crippen molar-refractivity contribution in [1.29, 1.82) is 0 Å². The average Bonchev–Trinajstić information content (AvgIpc) is 2.73. The van der Waals surface area contributed by atoms with Gasteiger partial charge in [0.1, 0.15) is 0 Å². The van der Waals surface area contributed by atoms with E-state index < -0.39 is 18.4 Å². The molecule has 148 valence electrons. The normalized spacial score (nSPS) is 12.9. The predicted molar refractivity (Wildman–Crippen MR) is 126 cm³/mol. The Morgan fingerprint density at radius 1 is 0.667 bits per heavy atom. The molecule has 0 bridgehead atoms. The molecule has 0 aromatic heterocycles. The second-order valence-electron chi connectivity index (χ2n) is 7.89. The number of thioether (sulfide) groups is 1. The van der Waals surface area contributed by atoms with E-state index in [-0.39, 0.29) is 0 Å². The third kappa shape index (κ3) is 7.16. The van der Waals surface area contributed by atoms with Crippen molar-refractivity contribution in [3.63, 3.8) is 0 Å². The molecule has 2 heteroatoms. The van der Waals surface area contributed by atoms with Crippen LogP contribution in [0, 0.1) is 0 Å². The van der Waals surface area contributed by atoms with Crippen molar-refractivity contribution in [3.05, 3.63) is 66.2 Å². The molecule has 0 amide bonds. The van der Waals surface area contributed by atoms with Gasteiger partial charge in [0.05, 0.1) is 0 Å². The topological polar surface area (TPSA) is 0 Å². The number of benzene rings is 2. The molecule has 0 nitrogen and oxygen atoms in total. The summed E-state index contributed by atoms with van der Waals surface area (Å²) in [4.78, 5) is 1.46. The van der Waals surface area contributed by atoms with E-state index in [1.807, 2.05) is 0 Å². The van der Waals surface area contributed by atoms with Gasteiger partial charge in [-0.25, -0.2) is 0 Å². The van der Waals surface area contributed by atoms with E-state index in [4.69, 9.17) is 0 Å². The van der Waals surface area contributed by atoms with Crippen LogP contribution in [0.2, 0.25) is 13.3 Å². The van der Waals surface area contributed by atoms with Gasteiger partial charge in [-0.2, -0.15) is 0 Å². The summed E-state index contributed by atoms with van der Waals surface area (Å²) in [6, 6.07) is 22.7. The SMILES string of the molecule is CCC[CH2][Sn]([CH2]CCC)([CH2]CCC)[CH](Sc1ccccc1)c1ccccc1. The average molecular weight is 489 g/mol. The first-order valence-corrected chi connectivity index (χ1v) is 19.6. The first-order chi connectivity index (χ1) is 13.3. The Morgan fingerprint density at radius 3 is 1.56 bits per heavy atom. The molecular formula is C25H38SSn. The predicted octanol–water partition coefficient (Wildman–Crippen LogP) is 8.91. The quantitative estimate of drug-likeness (QED) is 0.200. The van der Waals surface area contributed by atoms with Crippen LogP contribution < -0.4 is 0 Å². The van der Waals surface area contributed by atoms with Crippen LogP contribution in [-0.2, 0) is 0 Å². The Hall–Kier alpha value is -0.411. The zero-order valence-electron chi connectivity index (χ0n) is 17.6. The van der Waals surface area contributed by atoms with Gasteiger partial charge in [0.25, 0.3) is 0 Å². The summed E-state index contributed by atoms with van der Waals surface area (Å²) in [5.41, 5.74) is 1.60. The van der Waals surface area contributed by atoms with Gasteiger partial charge >= 0.3 is 177 Å². The van der Waals surface area contributed by atoms with Crippen LogP contribution in [0.1, 0.15) is 68.1 Å². The number of unbranched alkanes of at least 4 members (excludes halogenated alkanes) is 3. The molecule has 0 aliphatic rings. The van der Waals surface area contributed by atoms with E-state index in [1.165, 1.54) is 43.4 Å². The molecule has 2 rings (SSSR count). The number of rotatable bonds is 13. The van der Waals surface area contributed by atoms with Gasteiger partial charge in [-0.15, -0.1) is 0 Å². The van der Waals surface area contributed by atoms with Crippen molar-refractivity contribution >= 4 is 30.1 Å². The summed E-state index contributed by atoms with van der Waals surface area (Å²) in [7, 11) is 0. The standard InChI is InChI=1S/C13H11S.3C4H9.Sn/c1-3-7-12(8-4-1)11-14-13-9-5-2-6-10-13;3*1-3-4-2;/h1-11H;3*1,3-4H2,2H3;. The second kappa shape index (κ2) is 12.9. The van der Waals surface area contributed by atoms with Crippen LogP contribution in [0.5, 0.6) is 0 Å². The molecule has 27 heavy (non-hydrogen) atoms. The molecule has 0 aliphatic carbocycles. The van der Waals surface area contributed by atoms with Crippen LogP contribution >= 0.6 is 11.8 Å². The summed E-state index contributed by atoms with van der Waals surface area (Å²) < 4.78 is 5.42. The Morgan fingerprint density at radius 2 is 1.11 bits per heavy atom. The van der Waals surface area contributed by atoms with Crippen molar-refractivity contribution in [1.82, 2.24) is 0 Å². The number of hydrogen-bond acceptors (Lipinski definition) is 1. The molecule has 0 fully saturated rings. The van der Waals surface area contributed by atoms with Gasteiger partial charge in [0.15, 0.2) is 0 Å². The first-order valence-electron chi connectivity index (χ1n) is 11.0. The molecule has 0 saturated heterocycles. The van der Waals surface area contributed by atoms with Gasteiger partial charge in [0, 0.05) is 0 Å². The third-order valence-electron chi connectivity index (χ3n) is 5.74. The van der Waals surface area contributed by atoms with E-state index in [0.29, 0.717) is 0 Å². The summed E-state index contributed by atoms with van der Waals surface area (Å²) in [6.07, 6.45) is 8.32. The Kier molecular flexibility index (Phi) is 11.0. The van der Waals surface area contributed by atoms with Gasteiger partial charge in [-0.3, -0.25) is 0 Å². The molecule has 0 N–H and O–H groups in total. The van der Waals surface area contributed by atoms with Crippen LogP contribution in [0.3, 0.4) is 0 Å². The Balaban J connectivity index is 2.44. The maximum atomic E-state index is 2.41. The fourth-order valence-electron chi connectivity index (χ4n) is 4.16. The van der Waals surface area contributed by atoms with Crippen molar-refractivity contribution < 1.29 is 0 Å². The van der Waals surface area contributed by atoms with E-state index in [9.17, 15) is 0 Å². The number of hydrogen-bond donors (Lipinski definition) is 0. The molecule has 0 radical (unpaired) electrons. The van der Waals surface area contributed by atoms with Crippen molar-refractivity contribution in [2.24, 2.45) is 0 Å². The monoisotopic (exact) mass is 490 g/mol. The fourth-order valence-corrected chi connectivity index (χ4v) is 27.0. The third-order valence-corrected chi connectivity index (χ3v) is 26.8. The summed E-state index contributed by atoms with van der Waals surface area (Å²) in [5.74, 6) is 0. The Bertz CT molecular complexity index is 589. The molecule has 0 spiro atoms. The fraction of sp³-hybridized carbons (Fsp3) is 0.520. The van der Waals surface area contributed by atoms with Crippen LogP contribution in [0.4, 0.5) is 0 Å². The van der Waals surface area contributed by atoms with Crippen LogP contribution in [0.25, 0.3) is 0 Å². The summed E-state index contributed by atoms with van der Waals surface area (Å²) in [6.45, 7) is 7.12. The Labute approximate surface area is 176 Å². The van der Waals surface area contributed by atoms with Crippen LogP contribution in [-0.4, -0.2) is 18.4 Å². The molecule has 0 aliphatic heterocycles. The minimum atomic E-state index is -2.39. The van der Waals surface area contributed by atoms with Crippen molar-refractivity contribution in [2.45, 2.75) is 80.8 Å².